The van der Waals surface area contributed by atoms with Crippen LogP contribution in [0.2, 0.25) is 0 Å². The van der Waals surface area contributed by atoms with E-state index in [1.54, 1.807) is 13.4 Å². The number of hydrogen-bond donors (Lipinski definition) is 2. The van der Waals surface area contributed by atoms with Crippen molar-refractivity contribution in [1.29, 1.82) is 0 Å². The van der Waals surface area contributed by atoms with Crippen LogP contribution in [0.25, 0.3) is 0 Å². The molecule has 0 saturated carbocycles. The molecular formula is C14H28N2O2. The summed E-state index contributed by atoms with van der Waals surface area (Å²) in [5, 5.41) is 3.10. The van der Waals surface area contributed by atoms with E-state index in [1.165, 1.54) is 5.56 Å². The second-order valence-corrected chi connectivity index (χ2v) is 3.38. The van der Waals surface area contributed by atoms with Crippen molar-refractivity contribution in [2.45, 2.75) is 20.8 Å². The smallest absolute Gasteiger partial charge is 0.233 e. The van der Waals surface area contributed by atoms with Crippen molar-refractivity contribution in [1.82, 2.24) is 0 Å². The van der Waals surface area contributed by atoms with Crippen LogP contribution in [0.3, 0.4) is 0 Å². The van der Waals surface area contributed by atoms with Gasteiger partial charge in [-0.3, -0.25) is 0 Å². The van der Waals surface area contributed by atoms with Crippen LogP contribution in [-0.4, -0.2) is 20.3 Å². The van der Waals surface area contributed by atoms with Crippen LogP contribution in [0.5, 0.6) is 0 Å². The van der Waals surface area contributed by atoms with Crippen molar-refractivity contribution in [3.63, 3.8) is 0 Å². The summed E-state index contributed by atoms with van der Waals surface area (Å²) in [5.41, 5.74) is 7.34. The van der Waals surface area contributed by atoms with E-state index in [-0.39, 0.29) is 2.85 Å². The van der Waals surface area contributed by atoms with Crippen LogP contribution in [0.1, 0.15) is 22.3 Å². The second kappa shape index (κ2) is 10.6. The molecule has 2 rings (SSSR count). The van der Waals surface area contributed by atoms with E-state index in [1.807, 2.05) is 26.0 Å². The lowest BCUT2D eigenvalue weighted by Crippen LogP contribution is -2.05. The maximum absolute atomic E-state index is 5.01. The number of aryl methyl sites for hydroxylation is 1. The van der Waals surface area contributed by atoms with Gasteiger partial charge in [0.2, 0.25) is 5.88 Å². The Kier molecular flexibility index (Phi) is 9.73. The summed E-state index contributed by atoms with van der Waals surface area (Å²) in [5.74, 6) is 0.843. The quantitative estimate of drug-likeness (QED) is 0.867. The summed E-state index contributed by atoms with van der Waals surface area (Å²) in [6.45, 7) is 7.35. The number of rotatable bonds is 4. The normalized spacial score (nSPS) is 10.8. The van der Waals surface area contributed by atoms with Crippen molar-refractivity contribution in [3.8, 4) is 0 Å². The summed E-state index contributed by atoms with van der Waals surface area (Å²) in [6.07, 6.45) is 1.68. The molecule has 0 aliphatic carbocycles. The van der Waals surface area contributed by atoms with Gasteiger partial charge in [0.15, 0.2) is 6.26 Å². The Bertz CT molecular complexity index is 359. The van der Waals surface area contributed by atoms with E-state index < -0.39 is 0 Å². The van der Waals surface area contributed by atoms with Crippen LogP contribution < -0.4 is 11.1 Å². The molecular weight excluding hydrogens is 228 g/mol. The van der Waals surface area contributed by atoms with Gasteiger partial charge in [0, 0.05) is 22.2 Å². The average molecular weight is 256 g/mol. The Morgan fingerprint density at radius 3 is 2.44 bits per heavy atom. The standard InChI is InChI=1S/C9H9NO.C3H9NO.C2H6.2H2/c1-7-3-2-4-8(5-7)10-9-6-11-9;1-5-3-2-4;1-2;;/h2-6,10H,1H3;2-4H2,1H3;1-2H3;2*1H. The van der Waals surface area contributed by atoms with Crippen molar-refractivity contribution in [2.75, 3.05) is 25.6 Å². The molecule has 0 fully saturated rings. The molecule has 0 atom stereocenters. The molecule has 0 saturated heterocycles. The first kappa shape index (κ1) is 16.5. The molecule has 0 radical (unpaired) electrons. The number of anilines is 1. The first-order valence-electron chi connectivity index (χ1n) is 6.16. The van der Waals surface area contributed by atoms with Crippen LogP contribution in [-0.2, 0) is 9.47 Å². The van der Waals surface area contributed by atoms with E-state index >= 15 is 0 Å². The zero-order valence-electron chi connectivity index (χ0n) is 11.7. The minimum atomic E-state index is 0. The average Bonchev–Trinajstić information content (AvgIpc) is 3.17. The molecule has 1 aromatic rings. The minimum Gasteiger partial charge on any atom is -0.440 e. The molecule has 0 spiro atoms. The molecule has 0 bridgehead atoms. The number of nitrogens with two attached hydrogens (primary N) is 1. The molecule has 4 heteroatoms. The molecule has 18 heavy (non-hydrogen) atoms. The zero-order valence-corrected chi connectivity index (χ0v) is 11.7. The van der Waals surface area contributed by atoms with Crippen LogP contribution >= 0.6 is 0 Å². The predicted octanol–water partition coefficient (Wildman–Crippen LogP) is 3.35. The molecule has 0 amide bonds. The van der Waals surface area contributed by atoms with Gasteiger partial charge in [-0.1, -0.05) is 26.0 Å². The minimum absolute atomic E-state index is 0. The Morgan fingerprint density at radius 2 is 2.06 bits per heavy atom. The highest BCUT2D eigenvalue weighted by Gasteiger charge is 2.08. The third kappa shape index (κ3) is 8.61. The van der Waals surface area contributed by atoms with Crippen LogP contribution in [0.4, 0.5) is 5.69 Å². The molecule has 4 nitrogen and oxygen atoms in total. The van der Waals surface area contributed by atoms with Gasteiger partial charge in [-0.05, 0) is 24.6 Å². The lowest BCUT2D eigenvalue weighted by molar-refractivity contribution is 0.207. The maximum atomic E-state index is 5.01. The fourth-order valence-electron chi connectivity index (χ4n) is 1.07. The summed E-state index contributed by atoms with van der Waals surface area (Å²) < 4.78 is 9.40. The lowest BCUT2D eigenvalue weighted by Gasteiger charge is -1.99. The first-order chi connectivity index (χ1) is 8.76. The van der Waals surface area contributed by atoms with Crippen molar-refractivity contribution in [2.24, 2.45) is 5.73 Å². The van der Waals surface area contributed by atoms with E-state index in [2.05, 4.69) is 29.1 Å². The van der Waals surface area contributed by atoms with Gasteiger partial charge >= 0.3 is 0 Å². The van der Waals surface area contributed by atoms with Crippen molar-refractivity contribution >= 4 is 5.69 Å². The Labute approximate surface area is 113 Å². The van der Waals surface area contributed by atoms with Gasteiger partial charge < -0.3 is 20.5 Å². The number of ether oxygens (including phenoxy) is 2. The summed E-state index contributed by atoms with van der Waals surface area (Å²) in [6, 6.07) is 8.16. The van der Waals surface area contributed by atoms with Gasteiger partial charge in [-0.25, -0.2) is 0 Å². The Balaban J connectivity index is -0.000000281. The molecule has 106 valence electrons. The summed E-state index contributed by atoms with van der Waals surface area (Å²) >= 11 is 0. The summed E-state index contributed by atoms with van der Waals surface area (Å²) in [4.78, 5) is 0. The van der Waals surface area contributed by atoms with Crippen LogP contribution in [0, 0.1) is 6.92 Å². The van der Waals surface area contributed by atoms with Gasteiger partial charge in [-0.2, -0.15) is 0 Å². The highest BCUT2D eigenvalue weighted by molar-refractivity contribution is 5.50. The van der Waals surface area contributed by atoms with Crippen molar-refractivity contribution < 1.29 is 12.3 Å². The number of methoxy groups -OCH3 is 1. The third-order valence-electron chi connectivity index (χ3n) is 1.84. The van der Waals surface area contributed by atoms with Crippen LogP contribution in [0.15, 0.2) is 36.4 Å². The molecule has 1 aliphatic heterocycles. The largest absolute Gasteiger partial charge is 0.440 e. The SMILES string of the molecule is CC.COCCN.Cc1cccc(NC2=CO2)c1.[HH].[HH]. The molecule has 0 unspecified atom stereocenters. The molecule has 1 heterocycles. The Morgan fingerprint density at radius 1 is 1.39 bits per heavy atom. The first-order valence-corrected chi connectivity index (χ1v) is 6.16. The molecule has 0 aromatic heterocycles. The monoisotopic (exact) mass is 256 g/mol. The summed E-state index contributed by atoms with van der Waals surface area (Å²) in [7, 11) is 1.63. The van der Waals surface area contributed by atoms with E-state index in [0.29, 0.717) is 13.2 Å². The van der Waals surface area contributed by atoms with Crippen molar-refractivity contribution in [3.05, 3.63) is 42.0 Å². The number of nitrogens with one attached hydrogen (secondary N) is 1. The second-order valence-electron chi connectivity index (χ2n) is 3.38. The highest BCUT2D eigenvalue weighted by Crippen LogP contribution is 2.18. The van der Waals surface area contributed by atoms with E-state index in [0.717, 1.165) is 11.6 Å². The fourth-order valence-corrected chi connectivity index (χ4v) is 1.07. The van der Waals surface area contributed by atoms with Gasteiger partial charge in [0.05, 0.1) is 6.61 Å². The third-order valence-corrected chi connectivity index (χ3v) is 1.84. The maximum Gasteiger partial charge on any atom is 0.233 e. The van der Waals surface area contributed by atoms with Gasteiger partial charge in [0.1, 0.15) is 0 Å². The lowest BCUT2D eigenvalue weighted by atomic mass is 10.2. The molecule has 1 aromatic carbocycles. The fraction of sp³-hybridized carbons (Fsp3) is 0.429. The topological polar surface area (TPSA) is 59.8 Å². The molecule has 1 aliphatic rings. The zero-order chi connectivity index (χ0) is 13.8. The van der Waals surface area contributed by atoms with E-state index in [4.69, 9.17) is 10.5 Å². The predicted molar refractivity (Wildman–Crippen MR) is 80.5 cm³/mol. The number of benzene rings is 1. The number of hydrogen-bond acceptors (Lipinski definition) is 4. The highest BCUT2D eigenvalue weighted by atomic mass is 16.6. The van der Waals surface area contributed by atoms with Gasteiger partial charge in [-0.15, -0.1) is 0 Å². The molecule has 3 N–H and O–H groups in total. The van der Waals surface area contributed by atoms with Gasteiger partial charge in [0.25, 0.3) is 0 Å². The van der Waals surface area contributed by atoms with E-state index in [9.17, 15) is 0 Å². The Hall–Kier alpha value is -1.52.